The van der Waals surface area contributed by atoms with Crippen LogP contribution >= 0.6 is 0 Å². The first-order chi connectivity index (χ1) is 6.24. The summed E-state index contributed by atoms with van der Waals surface area (Å²) in [4.78, 5) is 24.0. The molecule has 66 valence electrons. The fourth-order valence-corrected chi connectivity index (χ4v) is 0.742. The summed E-state index contributed by atoms with van der Waals surface area (Å²) in [5.74, 6) is -0.709. The van der Waals surface area contributed by atoms with Gasteiger partial charge in [0.25, 0.3) is 0 Å². The highest BCUT2D eigenvalue weighted by Crippen LogP contribution is 1.93. The molecule has 0 saturated carbocycles. The topological polar surface area (TPSA) is 82.9 Å². The lowest BCUT2D eigenvalue weighted by atomic mass is 10.3. The molecule has 0 aliphatic carbocycles. The first kappa shape index (κ1) is 9.00. The minimum atomic E-state index is -0.709. The molecule has 0 aliphatic heterocycles. The van der Waals surface area contributed by atoms with Gasteiger partial charge in [0.2, 0.25) is 5.56 Å². The number of esters is 1. The summed E-state index contributed by atoms with van der Waals surface area (Å²) >= 11 is 0. The van der Waals surface area contributed by atoms with Crippen molar-refractivity contribution in [2.24, 2.45) is 0 Å². The summed E-state index contributed by atoms with van der Waals surface area (Å²) in [6, 6.07) is 5.76. The number of hydrogen-bond donors (Lipinski definition) is 1. The van der Waals surface area contributed by atoms with E-state index in [1.54, 1.807) is 6.07 Å². The van der Waals surface area contributed by atoms with Gasteiger partial charge in [0.05, 0.1) is 0 Å². The molecule has 0 radical (unpaired) electrons. The zero-order valence-electron chi connectivity index (χ0n) is 6.61. The molecule has 0 spiro atoms. The summed E-state index contributed by atoms with van der Waals surface area (Å²) in [6.07, 6.45) is 0. The van der Waals surface area contributed by atoms with Gasteiger partial charge in [-0.15, -0.1) is 0 Å². The number of nitrogens with zero attached hydrogens (tertiary/aromatic N) is 1. The number of aromatic nitrogens is 1. The molecule has 5 heteroatoms. The number of ether oxygens (including phenoxy) is 1. The molecule has 0 unspecified atom stereocenters. The Balaban J connectivity index is 2.78. The fraction of sp³-hybridized carbons (Fsp3) is 0.125. The number of H-pyrrole nitrogens is 1. The maximum Gasteiger partial charge on any atom is 0.355 e. The standard InChI is InChI=1S/C8H6N2O3/c9-4-5-13-8(12)6-2-1-3-7(11)10-6/h1-3H,5H2,(H,10,11). The molecule has 5 nitrogen and oxygen atoms in total. The van der Waals surface area contributed by atoms with Crippen LogP contribution in [0.25, 0.3) is 0 Å². The van der Waals surface area contributed by atoms with E-state index in [2.05, 4.69) is 9.72 Å². The molecular formula is C8H6N2O3. The van der Waals surface area contributed by atoms with E-state index in [0.29, 0.717) is 0 Å². The lowest BCUT2D eigenvalue weighted by Gasteiger charge is -1.98. The molecule has 1 aromatic rings. The van der Waals surface area contributed by atoms with E-state index < -0.39 is 5.97 Å². The smallest absolute Gasteiger partial charge is 0.355 e. The van der Waals surface area contributed by atoms with Crippen molar-refractivity contribution in [2.75, 3.05) is 6.61 Å². The monoisotopic (exact) mass is 178 g/mol. The molecule has 0 amide bonds. The van der Waals surface area contributed by atoms with E-state index in [0.717, 1.165) is 0 Å². The summed E-state index contributed by atoms with van der Waals surface area (Å²) in [7, 11) is 0. The highest BCUT2D eigenvalue weighted by atomic mass is 16.5. The van der Waals surface area contributed by atoms with Crippen molar-refractivity contribution < 1.29 is 9.53 Å². The van der Waals surface area contributed by atoms with Crippen LogP contribution in [0, 0.1) is 11.3 Å². The van der Waals surface area contributed by atoms with Gasteiger partial charge in [0.15, 0.2) is 6.61 Å². The third-order valence-corrected chi connectivity index (χ3v) is 1.26. The Kier molecular flexibility index (Phi) is 2.82. The molecule has 1 heterocycles. The molecule has 0 aromatic carbocycles. The van der Waals surface area contributed by atoms with E-state index in [9.17, 15) is 9.59 Å². The van der Waals surface area contributed by atoms with Crippen LogP contribution in [0.3, 0.4) is 0 Å². The molecule has 1 aromatic heterocycles. The number of carbonyl (C=O) groups is 1. The van der Waals surface area contributed by atoms with Gasteiger partial charge >= 0.3 is 5.97 Å². The van der Waals surface area contributed by atoms with Crippen LogP contribution < -0.4 is 5.56 Å². The van der Waals surface area contributed by atoms with Gasteiger partial charge in [-0.05, 0) is 6.07 Å². The molecule has 1 N–H and O–H groups in total. The predicted molar refractivity (Wildman–Crippen MR) is 43.0 cm³/mol. The normalized spacial score (nSPS) is 8.85. The quantitative estimate of drug-likeness (QED) is 0.649. The van der Waals surface area contributed by atoms with Crippen molar-refractivity contribution in [3.63, 3.8) is 0 Å². The SMILES string of the molecule is N#CCOC(=O)c1cccc(=O)[nH]1. The van der Waals surface area contributed by atoms with Crippen molar-refractivity contribution in [3.8, 4) is 6.07 Å². The second kappa shape index (κ2) is 4.07. The minimum absolute atomic E-state index is 0.0442. The Bertz CT molecular complexity index is 402. The predicted octanol–water partition coefficient (Wildman–Crippen LogP) is 0.0553. The average Bonchev–Trinajstić information content (AvgIpc) is 2.14. The number of rotatable bonds is 2. The summed E-state index contributed by atoms with van der Waals surface area (Å²) in [6.45, 7) is -0.324. The molecule has 0 atom stereocenters. The summed E-state index contributed by atoms with van der Waals surface area (Å²) in [5, 5.41) is 8.12. The Morgan fingerprint density at radius 3 is 3.00 bits per heavy atom. The second-order valence-corrected chi connectivity index (χ2v) is 2.16. The molecule has 0 saturated heterocycles. The van der Waals surface area contributed by atoms with Crippen LogP contribution in [-0.2, 0) is 4.74 Å². The maximum atomic E-state index is 11.0. The third-order valence-electron chi connectivity index (χ3n) is 1.26. The Morgan fingerprint density at radius 2 is 2.38 bits per heavy atom. The van der Waals surface area contributed by atoms with Gasteiger partial charge in [0.1, 0.15) is 11.8 Å². The first-order valence-corrected chi connectivity index (χ1v) is 3.47. The number of nitriles is 1. The number of aromatic amines is 1. The molecule has 0 bridgehead atoms. The number of hydrogen-bond acceptors (Lipinski definition) is 4. The van der Waals surface area contributed by atoms with Crippen molar-refractivity contribution >= 4 is 5.97 Å². The van der Waals surface area contributed by atoms with E-state index in [1.165, 1.54) is 18.2 Å². The van der Waals surface area contributed by atoms with Crippen LogP contribution in [0.2, 0.25) is 0 Å². The highest BCUT2D eigenvalue weighted by molar-refractivity contribution is 5.87. The van der Waals surface area contributed by atoms with Gasteiger partial charge < -0.3 is 9.72 Å². The van der Waals surface area contributed by atoms with Gasteiger partial charge in [0, 0.05) is 6.07 Å². The van der Waals surface area contributed by atoms with Crippen molar-refractivity contribution in [2.45, 2.75) is 0 Å². The number of nitrogens with one attached hydrogen (secondary N) is 1. The summed E-state index contributed by atoms with van der Waals surface area (Å²) < 4.78 is 4.46. The zero-order chi connectivity index (χ0) is 9.68. The van der Waals surface area contributed by atoms with Crippen molar-refractivity contribution in [1.29, 1.82) is 5.26 Å². The van der Waals surface area contributed by atoms with Crippen molar-refractivity contribution in [1.82, 2.24) is 4.98 Å². The lowest BCUT2D eigenvalue weighted by molar-refractivity contribution is 0.0548. The highest BCUT2D eigenvalue weighted by Gasteiger charge is 2.06. The Morgan fingerprint density at radius 1 is 1.62 bits per heavy atom. The van der Waals surface area contributed by atoms with Crippen LogP contribution in [0.15, 0.2) is 23.0 Å². The van der Waals surface area contributed by atoms with Crippen LogP contribution in [-0.4, -0.2) is 17.6 Å². The third kappa shape index (κ3) is 2.45. The van der Waals surface area contributed by atoms with Gasteiger partial charge in [-0.25, -0.2) is 4.79 Å². The van der Waals surface area contributed by atoms with E-state index in [4.69, 9.17) is 5.26 Å². The zero-order valence-corrected chi connectivity index (χ0v) is 6.61. The minimum Gasteiger partial charge on any atom is -0.446 e. The van der Waals surface area contributed by atoms with E-state index >= 15 is 0 Å². The van der Waals surface area contributed by atoms with E-state index in [-0.39, 0.29) is 17.9 Å². The van der Waals surface area contributed by atoms with Crippen LogP contribution in [0.5, 0.6) is 0 Å². The first-order valence-electron chi connectivity index (χ1n) is 3.47. The molecule has 13 heavy (non-hydrogen) atoms. The van der Waals surface area contributed by atoms with Gasteiger partial charge in [-0.3, -0.25) is 4.79 Å². The van der Waals surface area contributed by atoms with Crippen LogP contribution in [0.1, 0.15) is 10.5 Å². The lowest BCUT2D eigenvalue weighted by Crippen LogP contribution is -2.13. The number of pyridine rings is 1. The molecule has 1 rings (SSSR count). The van der Waals surface area contributed by atoms with Gasteiger partial charge in [-0.2, -0.15) is 5.26 Å². The Labute approximate surface area is 73.6 Å². The molecular weight excluding hydrogens is 172 g/mol. The maximum absolute atomic E-state index is 11.0. The summed E-state index contributed by atoms with van der Waals surface area (Å²) in [5.41, 5.74) is -0.339. The molecule has 0 fully saturated rings. The molecule has 0 aliphatic rings. The van der Waals surface area contributed by atoms with Gasteiger partial charge in [-0.1, -0.05) is 6.07 Å². The van der Waals surface area contributed by atoms with E-state index in [1.807, 2.05) is 0 Å². The van der Waals surface area contributed by atoms with Crippen molar-refractivity contribution in [3.05, 3.63) is 34.2 Å². The number of carbonyl (C=O) groups excluding carboxylic acids is 1. The second-order valence-electron chi connectivity index (χ2n) is 2.16. The fourth-order valence-electron chi connectivity index (χ4n) is 0.742. The average molecular weight is 178 g/mol. The Hall–Kier alpha value is -2.09. The largest absolute Gasteiger partial charge is 0.446 e. The van der Waals surface area contributed by atoms with Crippen LogP contribution in [0.4, 0.5) is 0 Å².